The van der Waals surface area contributed by atoms with Crippen LogP contribution in [0.1, 0.15) is 28.3 Å². The monoisotopic (exact) mass is 559 g/mol. The maximum absolute atomic E-state index is 13.4. The molecule has 1 unspecified atom stereocenters. The van der Waals surface area contributed by atoms with Crippen molar-refractivity contribution in [1.29, 1.82) is 0 Å². The van der Waals surface area contributed by atoms with Crippen LogP contribution in [0.2, 0.25) is 5.02 Å². The van der Waals surface area contributed by atoms with Gasteiger partial charge in [-0.15, -0.1) is 10.2 Å². The van der Waals surface area contributed by atoms with Crippen molar-refractivity contribution < 1.29 is 14.7 Å². The normalized spacial score (nSPS) is 15.6. The Hall–Kier alpha value is -3.72. The zero-order chi connectivity index (χ0) is 26.6. The quantitative estimate of drug-likeness (QED) is 0.142. The van der Waals surface area contributed by atoms with Gasteiger partial charge < -0.3 is 5.11 Å². The van der Waals surface area contributed by atoms with E-state index in [9.17, 15) is 14.7 Å². The third kappa shape index (κ3) is 5.57. The first-order chi connectivity index (χ1) is 18.4. The highest BCUT2D eigenvalue weighted by molar-refractivity contribution is 8.00. The van der Waals surface area contributed by atoms with Crippen molar-refractivity contribution in [2.75, 3.05) is 4.90 Å². The molecule has 4 aromatic rings. The van der Waals surface area contributed by atoms with Crippen LogP contribution in [0.15, 0.2) is 101 Å². The summed E-state index contributed by atoms with van der Waals surface area (Å²) in [5.74, 6) is -1.06. The summed E-state index contributed by atoms with van der Waals surface area (Å²) in [6, 6.07) is 23.6. The van der Waals surface area contributed by atoms with Crippen LogP contribution in [0.5, 0.6) is 0 Å². The number of anilines is 1. The number of nitrogens with zero attached hydrogens (tertiary/aromatic N) is 3. The highest BCUT2D eigenvalue weighted by Gasteiger charge is 2.45. The van der Waals surface area contributed by atoms with E-state index in [2.05, 4.69) is 10.2 Å². The molecule has 6 nitrogen and oxygen atoms in total. The van der Waals surface area contributed by atoms with Gasteiger partial charge in [0.15, 0.2) is 15.9 Å². The first-order valence-corrected chi connectivity index (χ1v) is 13.9. The van der Waals surface area contributed by atoms with E-state index in [0.29, 0.717) is 25.8 Å². The molecule has 1 aliphatic heterocycles. The third-order valence-corrected chi connectivity index (χ3v) is 8.35. The lowest BCUT2D eigenvalue weighted by Crippen LogP contribution is -2.30. The number of hydrogen-bond donors (Lipinski definition) is 1. The molecule has 0 radical (unpaired) electrons. The lowest BCUT2D eigenvalue weighted by molar-refractivity contribution is -0.117. The molecule has 1 atom stereocenters. The van der Waals surface area contributed by atoms with Crippen molar-refractivity contribution in [2.24, 2.45) is 0 Å². The van der Waals surface area contributed by atoms with Gasteiger partial charge in [0.1, 0.15) is 0 Å². The molecule has 1 amide bonds. The summed E-state index contributed by atoms with van der Waals surface area (Å²) >= 11 is 8.69. The summed E-state index contributed by atoms with van der Waals surface area (Å²) in [6.07, 6.45) is 3.05. The van der Waals surface area contributed by atoms with Crippen molar-refractivity contribution in [3.63, 3.8) is 0 Å². The summed E-state index contributed by atoms with van der Waals surface area (Å²) in [7, 11) is 0. The van der Waals surface area contributed by atoms with E-state index in [1.165, 1.54) is 34.1 Å². The van der Waals surface area contributed by atoms with Gasteiger partial charge in [0.25, 0.3) is 5.91 Å². The van der Waals surface area contributed by atoms with Gasteiger partial charge in [-0.05, 0) is 41.8 Å². The predicted molar refractivity (Wildman–Crippen MR) is 152 cm³/mol. The van der Waals surface area contributed by atoms with Gasteiger partial charge in [0.2, 0.25) is 5.13 Å². The fourth-order valence-electron chi connectivity index (χ4n) is 4.03. The Morgan fingerprint density at radius 3 is 2.47 bits per heavy atom. The van der Waals surface area contributed by atoms with Crippen molar-refractivity contribution in [3.8, 4) is 0 Å². The molecule has 0 aliphatic carbocycles. The van der Waals surface area contributed by atoms with Crippen LogP contribution in [0, 0.1) is 6.92 Å². The summed E-state index contributed by atoms with van der Waals surface area (Å²) < 4.78 is 0.661. The molecule has 190 valence electrons. The summed E-state index contributed by atoms with van der Waals surface area (Å²) in [5.41, 5.74) is 3.64. The van der Waals surface area contributed by atoms with Gasteiger partial charge in [0, 0.05) is 10.8 Å². The van der Waals surface area contributed by atoms with Gasteiger partial charge in [0.05, 0.1) is 11.6 Å². The van der Waals surface area contributed by atoms with Crippen LogP contribution < -0.4 is 4.90 Å². The van der Waals surface area contributed by atoms with Crippen molar-refractivity contribution in [1.82, 2.24) is 10.2 Å². The standard InChI is InChI=1S/C29H22ClN3O3S2/c1-18-7-12-21(13-8-18)25-24(23(34)16-11-19-5-3-2-4-6-19)26(35)27(36)33(25)28-31-32-29(38-28)37-17-20-9-14-22(30)15-10-20/h2-16,25,35H,17H2,1H3. The van der Waals surface area contributed by atoms with E-state index in [0.717, 1.165) is 16.7 Å². The molecule has 1 aromatic heterocycles. The molecule has 38 heavy (non-hydrogen) atoms. The number of aliphatic hydroxyl groups is 1. The number of aliphatic hydroxyl groups excluding tert-OH is 1. The number of allylic oxidation sites excluding steroid dienone is 1. The van der Waals surface area contributed by atoms with E-state index in [-0.39, 0.29) is 5.57 Å². The molecule has 3 aromatic carbocycles. The van der Waals surface area contributed by atoms with Crippen LogP contribution in [0.25, 0.3) is 6.08 Å². The minimum absolute atomic E-state index is 0.0107. The molecule has 0 saturated heterocycles. The minimum Gasteiger partial charge on any atom is -0.503 e. The highest BCUT2D eigenvalue weighted by atomic mass is 35.5. The Labute approximate surface area is 233 Å². The van der Waals surface area contributed by atoms with Crippen LogP contribution in [0.4, 0.5) is 5.13 Å². The fraction of sp³-hybridized carbons (Fsp3) is 0.103. The number of thioether (sulfide) groups is 1. The Morgan fingerprint density at radius 1 is 1.05 bits per heavy atom. The second kappa shape index (κ2) is 11.3. The summed E-state index contributed by atoms with van der Waals surface area (Å²) in [6.45, 7) is 1.96. The lowest BCUT2D eigenvalue weighted by Gasteiger charge is -2.23. The van der Waals surface area contributed by atoms with Crippen LogP contribution in [0.3, 0.4) is 0 Å². The van der Waals surface area contributed by atoms with Gasteiger partial charge in [-0.25, -0.2) is 0 Å². The largest absolute Gasteiger partial charge is 0.503 e. The zero-order valence-corrected chi connectivity index (χ0v) is 22.6. The van der Waals surface area contributed by atoms with Crippen LogP contribution in [-0.2, 0) is 15.3 Å². The Kier molecular flexibility index (Phi) is 7.74. The first-order valence-electron chi connectivity index (χ1n) is 11.7. The molecule has 0 bridgehead atoms. The minimum atomic E-state index is -0.835. The number of benzene rings is 3. The number of aromatic nitrogens is 2. The molecule has 5 rings (SSSR count). The third-order valence-electron chi connectivity index (χ3n) is 5.97. The maximum atomic E-state index is 13.4. The van der Waals surface area contributed by atoms with Gasteiger partial charge in [-0.2, -0.15) is 0 Å². The molecular formula is C29H22ClN3O3S2. The smallest absolute Gasteiger partial charge is 0.296 e. The van der Waals surface area contributed by atoms with Crippen molar-refractivity contribution in [2.45, 2.75) is 23.1 Å². The molecule has 9 heteroatoms. The molecule has 1 N–H and O–H groups in total. The second-order valence-corrected chi connectivity index (χ2v) is 11.2. The van der Waals surface area contributed by atoms with Gasteiger partial charge in [-0.1, -0.05) is 113 Å². The van der Waals surface area contributed by atoms with E-state index < -0.39 is 23.5 Å². The number of carbonyl (C=O) groups is 2. The SMILES string of the molecule is Cc1ccc(C2C(C(=O)C=Cc3ccccc3)=C(O)C(=O)N2c2nnc(SCc3ccc(Cl)cc3)s2)cc1. The first kappa shape index (κ1) is 25.9. The van der Waals surface area contributed by atoms with Crippen LogP contribution in [-0.4, -0.2) is 27.0 Å². The van der Waals surface area contributed by atoms with Crippen LogP contribution >= 0.6 is 34.7 Å². The zero-order valence-electron chi connectivity index (χ0n) is 20.2. The lowest BCUT2D eigenvalue weighted by atomic mass is 9.95. The average Bonchev–Trinajstić information content (AvgIpc) is 3.50. The fourth-order valence-corrected chi connectivity index (χ4v) is 5.98. The number of aryl methyl sites for hydroxylation is 1. The van der Waals surface area contributed by atoms with E-state index in [1.807, 2.05) is 85.8 Å². The molecule has 0 spiro atoms. The number of ketones is 1. The Bertz CT molecular complexity index is 1530. The molecule has 2 heterocycles. The number of rotatable bonds is 8. The Morgan fingerprint density at radius 2 is 1.76 bits per heavy atom. The predicted octanol–water partition coefficient (Wildman–Crippen LogP) is 6.97. The highest BCUT2D eigenvalue weighted by Crippen LogP contribution is 2.43. The molecule has 1 aliphatic rings. The van der Waals surface area contributed by atoms with E-state index in [1.54, 1.807) is 6.08 Å². The van der Waals surface area contributed by atoms with Gasteiger partial charge in [-0.3, -0.25) is 14.5 Å². The van der Waals surface area contributed by atoms with E-state index >= 15 is 0 Å². The topological polar surface area (TPSA) is 83.4 Å². The van der Waals surface area contributed by atoms with E-state index in [4.69, 9.17) is 11.6 Å². The molecule has 0 fully saturated rings. The summed E-state index contributed by atoms with van der Waals surface area (Å²) in [5, 5.41) is 20.4. The average molecular weight is 560 g/mol. The molecule has 0 saturated carbocycles. The second-order valence-electron chi connectivity index (χ2n) is 8.62. The maximum Gasteiger partial charge on any atom is 0.296 e. The molecular weight excluding hydrogens is 538 g/mol. The number of amides is 1. The number of hydrogen-bond acceptors (Lipinski definition) is 7. The Balaban J connectivity index is 1.45. The van der Waals surface area contributed by atoms with Crippen molar-refractivity contribution in [3.05, 3.63) is 124 Å². The van der Waals surface area contributed by atoms with Gasteiger partial charge >= 0.3 is 0 Å². The van der Waals surface area contributed by atoms with Crippen molar-refractivity contribution >= 4 is 57.6 Å². The number of halogens is 1. The summed E-state index contributed by atoms with van der Waals surface area (Å²) in [4.78, 5) is 28.0. The number of carbonyl (C=O) groups excluding carboxylic acids is 2.